The second-order valence-electron chi connectivity index (χ2n) is 5.26. The van der Waals surface area contributed by atoms with Crippen molar-refractivity contribution in [2.24, 2.45) is 0 Å². The maximum Gasteiger partial charge on any atom is 0.328 e. The van der Waals surface area contributed by atoms with Crippen LogP contribution in [0.2, 0.25) is 0 Å². The van der Waals surface area contributed by atoms with Gasteiger partial charge in [0.05, 0.1) is 7.11 Å². The molecule has 130 valence electrons. The van der Waals surface area contributed by atoms with E-state index in [4.69, 9.17) is 0 Å². The van der Waals surface area contributed by atoms with Crippen molar-refractivity contribution in [3.63, 3.8) is 0 Å². The number of nitrogens with one attached hydrogen (secondary N) is 1. The molecule has 0 heterocycles. The summed E-state index contributed by atoms with van der Waals surface area (Å²) in [6, 6.07) is 10.9. The minimum Gasteiger partial charge on any atom is -0.467 e. The highest BCUT2D eigenvalue weighted by atomic mass is 19.1. The molecule has 0 aromatic heterocycles. The number of carbonyl (C=O) groups excluding carboxylic acids is 2. The molecule has 2 aromatic carbocycles. The zero-order valence-electron chi connectivity index (χ0n) is 13.5. The van der Waals surface area contributed by atoms with E-state index in [1.807, 2.05) is 30.3 Å². The van der Waals surface area contributed by atoms with Crippen molar-refractivity contribution in [3.05, 3.63) is 77.4 Å². The summed E-state index contributed by atoms with van der Waals surface area (Å²) >= 11 is 0. The first-order valence-corrected chi connectivity index (χ1v) is 7.56. The van der Waals surface area contributed by atoms with Crippen LogP contribution >= 0.6 is 0 Å². The quantitative estimate of drug-likeness (QED) is 0.817. The van der Waals surface area contributed by atoms with Gasteiger partial charge in [-0.2, -0.15) is 0 Å². The van der Waals surface area contributed by atoms with Crippen LogP contribution < -0.4 is 5.32 Å². The molecular weight excluding hydrogens is 328 g/mol. The summed E-state index contributed by atoms with van der Waals surface area (Å²) < 4.78 is 31.1. The van der Waals surface area contributed by atoms with Crippen molar-refractivity contribution in [2.75, 3.05) is 7.11 Å². The van der Waals surface area contributed by atoms with Gasteiger partial charge in [-0.15, -0.1) is 0 Å². The Kier molecular flexibility index (Phi) is 6.39. The number of halogens is 2. The summed E-state index contributed by atoms with van der Waals surface area (Å²) in [5.41, 5.74) is 0.725. The van der Waals surface area contributed by atoms with E-state index in [-0.39, 0.29) is 12.0 Å². The highest BCUT2D eigenvalue weighted by molar-refractivity contribution is 5.96. The van der Waals surface area contributed by atoms with Crippen LogP contribution in [0.5, 0.6) is 0 Å². The lowest BCUT2D eigenvalue weighted by atomic mass is 10.1. The molecule has 0 radical (unpaired) electrons. The molecule has 0 spiro atoms. The lowest BCUT2D eigenvalue weighted by Crippen LogP contribution is -2.41. The number of ether oxygens (including phenoxy) is 1. The summed E-state index contributed by atoms with van der Waals surface area (Å²) in [6.45, 7) is 0. The van der Waals surface area contributed by atoms with Crippen LogP contribution in [0.1, 0.15) is 22.3 Å². The van der Waals surface area contributed by atoms with Crippen LogP contribution in [0.25, 0.3) is 6.08 Å². The number of amides is 1. The molecule has 4 nitrogen and oxygen atoms in total. The fraction of sp³-hybridized carbons (Fsp3) is 0.158. The summed E-state index contributed by atoms with van der Waals surface area (Å²) in [4.78, 5) is 24.0. The topological polar surface area (TPSA) is 55.4 Å². The molecule has 0 bridgehead atoms. The highest BCUT2D eigenvalue weighted by Gasteiger charge is 2.21. The van der Waals surface area contributed by atoms with E-state index in [1.165, 1.54) is 7.11 Å². The third-order valence-corrected chi connectivity index (χ3v) is 3.40. The molecule has 0 fully saturated rings. The van der Waals surface area contributed by atoms with Gasteiger partial charge in [-0.05, 0) is 24.1 Å². The molecule has 1 amide bonds. The number of hydrogen-bond donors (Lipinski definition) is 1. The molecule has 25 heavy (non-hydrogen) atoms. The number of carbonyl (C=O) groups is 2. The second kappa shape index (κ2) is 8.73. The van der Waals surface area contributed by atoms with Gasteiger partial charge in [-0.25, -0.2) is 13.6 Å². The maximum absolute atomic E-state index is 13.2. The van der Waals surface area contributed by atoms with E-state index in [0.29, 0.717) is 6.07 Å². The van der Waals surface area contributed by atoms with Gasteiger partial charge >= 0.3 is 5.97 Å². The molecule has 1 N–H and O–H groups in total. The number of rotatable bonds is 6. The Hall–Kier alpha value is -3.02. The van der Waals surface area contributed by atoms with Crippen molar-refractivity contribution in [2.45, 2.75) is 12.5 Å². The molecule has 0 saturated carbocycles. The van der Waals surface area contributed by atoms with E-state index >= 15 is 0 Å². The van der Waals surface area contributed by atoms with Gasteiger partial charge in [0.1, 0.15) is 17.7 Å². The molecule has 0 aliphatic rings. The van der Waals surface area contributed by atoms with Crippen molar-refractivity contribution < 1.29 is 23.1 Å². The second-order valence-corrected chi connectivity index (χ2v) is 5.26. The van der Waals surface area contributed by atoms with Gasteiger partial charge in [0, 0.05) is 11.6 Å². The fourth-order valence-corrected chi connectivity index (χ4v) is 2.19. The molecule has 2 aromatic rings. The van der Waals surface area contributed by atoms with Crippen LogP contribution in [-0.4, -0.2) is 25.0 Å². The SMILES string of the molecule is COC(=O)[C@H](C/C=C/c1ccccc1)NC(=O)c1cc(F)cc(F)c1. The Morgan fingerprint density at radius 2 is 1.76 bits per heavy atom. The Bertz CT molecular complexity index is 755. The van der Waals surface area contributed by atoms with Crippen molar-refractivity contribution in [3.8, 4) is 0 Å². The van der Waals surface area contributed by atoms with Gasteiger partial charge in [0.2, 0.25) is 0 Å². The lowest BCUT2D eigenvalue weighted by molar-refractivity contribution is -0.142. The predicted molar refractivity (Wildman–Crippen MR) is 89.7 cm³/mol. The monoisotopic (exact) mass is 345 g/mol. The summed E-state index contributed by atoms with van der Waals surface area (Å²) in [5.74, 6) is -3.16. The average molecular weight is 345 g/mol. The van der Waals surface area contributed by atoms with E-state index in [1.54, 1.807) is 12.2 Å². The molecule has 0 aliphatic heterocycles. The Balaban J connectivity index is 2.08. The first-order chi connectivity index (χ1) is 12.0. The van der Waals surface area contributed by atoms with Gasteiger partial charge in [-0.1, -0.05) is 42.5 Å². The summed E-state index contributed by atoms with van der Waals surface area (Å²) in [5, 5.41) is 2.43. The first-order valence-electron chi connectivity index (χ1n) is 7.56. The summed E-state index contributed by atoms with van der Waals surface area (Å²) in [7, 11) is 1.20. The minimum atomic E-state index is -0.969. The molecule has 0 aliphatic carbocycles. The lowest BCUT2D eigenvalue weighted by Gasteiger charge is -2.15. The van der Waals surface area contributed by atoms with E-state index in [9.17, 15) is 18.4 Å². The number of benzene rings is 2. The third-order valence-electron chi connectivity index (χ3n) is 3.40. The van der Waals surface area contributed by atoms with Crippen LogP contribution in [-0.2, 0) is 9.53 Å². The van der Waals surface area contributed by atoms with Crippen molar-refractivity contribution >= 4 is 18.0 Å². The minimum absolute atomic E-state index is 0.172. The van der Waals surface area contributed by atoms with Crippen molar-refractivity contribution in [1.29, 1.82) is 0 Å². The molecule has 6 heteroatoms. The zero-order valence-corrected chi connectivity index (χ0v) is 13.5. The molecule has 2 rings (SSSR count). The molecule has 0 unspecified atom stereocenters. The third kappa shape index (κ3) is 5.53. The molecular formula is C19H17F2NO3. The number of esters is 1. The van der Waals surface area contributed by atoms with E-state index in [2.05, 4.69) is 10.1 Å². The standard InChI is InChI=1S/C19H17F2NO3/c1-25-19(24)17(9-5-8-13-6-3-2-4-7-13)22-18(23)14-10-15(20)12-16(21)11-14/h2-8,10-12,17H,9H2,1H3,(H,22,23)/b8-5+/t17-/m0/s1. The maximum atomic E-state index is 13.2. The van der Waals surface area contributed by atoms with E-state index in [0.717, 1.165) is 17.7 Å². The van der Waals surface area contributed by atoms with E-state index < -0.39 is 29.6 Å². The van der Waals surface area contributed by atoms with Gasteiger partial charge < -0.3 is 10.1 Å². The Labute approximate surface area is 144 Å². The fourth-order valence-electron chi connectivity index (χ4n) is 2.19. The highest BCUT2D eigenvalue weighted by Crippen LogP contribution is 2.10. The first kappa shape index (κ1) is 18.3. The van der Waals surface area contributed by atoms with Crippen LogP contribution in [0.3, 0.4) is 0 Å². The van der Waals surface area contributed by atoms with Crippen molar-refractivity contribution in [1.82, 2.24) is 5.32 Å². The zero-order chi connectivity index (χ0) is 18.2. The largest absolute Gasteiger partial charge is 0.467 e. The predicted octanol–water partition coefficient (Wildman–Crippen LogP) is 3.34. The molecule has 0 saturated heterocycles. The van der Waals surface area contributed by atoms with Crippen LogP contribution in [0.4, 0.5) is 8.78 Å². The van der Waals surface area contributed by atoms with Gasteiger partial charge in [-0.3, -0.25) is 4.79 Å². The molecule has 1 atom stereocenters. The number of hydrogen-bond acceptors (Lipinski definition) is 3. The normalized spacial score (nSPS) is 12.0. The number of methoxy groups -OCH3 is 1. The smallest absolute Gasteiger partial charge is 0.328 e. The Morgan fingerprint density at radius 3 is 2.36 bits per heavy atom. The van der Waals surface area contributed by atoms with Crippen LogP contribution in [0.15, 0.2) is 54.6 Å². The summed E-state index contributed by atoms with van der Waals surface area (Å²) in [6.07, 6.45) is 3.68. The average Bonchev–Trinajstić information content (AvgIpc) is 2.60. The van der Waals surface area contributed by atoms with Gasteiger partial charge in [0.15, 0.2) is 0 Å². The van der Waals surface area contributed by atoms with Gasteiger partial charge in [0.25, 0.3) is 5.91 Å². The van der Waals surface area contributed by atoms with Crippen LogP contribution in [0, 0.1) is 11.6 Å². The Morgan fingerprint density at radius 1 is 1.12 bits per heavy atom.